The monoisotopic (exact) mass is 423 g/mol. The molecule has 1 aliphatic heterocycles. The van der Waals surface area contributed by atoms with Crippen molar-refractivity contribution in [3.63, 3.8) is 0 Å². The van der Waals surface area contributed by atoms with Crippen LogP contribution < -0.4 is 10.6 Å². The van der Waals surface area contributed by atoms with Crippen LogP contribution in [-0.2, 0) is 17.6 Å². The van der Waals surface area contributed by atoms with Gasteiger partial charge in [-0.25, -0.2) is 0 Å². The third kappa shape index (κ3) is 5.71. The standard InChI is InChI=1S/C25H33N3O3/c29-21(17-28-12-10-26-11-13-28)15-20(14-18-6-2-1-3-7-18)25(31)27-24-22-9-5-4-8-19(22)16-23(24)30/h1-9,20-21,23-24,26,29-30H,10-17H2,(H,27,31)/t20-,21+,23-,24+/m1/s1. The molecule has 0 unspecified atom stereocenters. The Morgan fingerprint density at radius 3 is 2.58 bits per heavy atom. The lowest BCUT2D eigenvalue weighted by Crippen LogP contribution is -2.47. The molecule has 0 aromatic heterocycles. The van der Waals surface area contributed by atoms with Crippen molar-refractivity contribution in [2.24, 2.45) is 5.92 Å². The van der Waals surface area contributed by atoms with Gasteiger partial charge in [0.15, 0.2) is 0 Å². The number of fused-ring (bicyclic) bond motifs is 1. The molecule has 166 valence electrons. The zero-order valence-corrected chi connectivity index (χ0v) is 17.9. The number of amides is 1. The van der Waals surface area contributed by atoms with Crippen molar-refractivity contribution < 1.29 is 15.0 Å². The van der Waals surface area contributed by atoms with Crippen LogP contribution in [0.2, 0.25) is 0 Å². The lowest BCUT2D eigenvalue weighted by Gasteiger charge is -2.30. The van der Waals surface area contributed by atoms with Crippen molar-refractivity contribution in [2.45, 2.75) is 37.5 Å². The van der Waals surface area contributed by atoms with E-state index >= 15 is 0 Å². The highest BCUT2D eigenvalue weighted by atomic mass is 16.3. The fourth-order valence-electron chi connectivity index (χ4n) is 4.80. The molecule has 6 heteroatoms. The molecule has 0 spiro atoms. The second kappa shape index (κ2) is 10.4. The number of carbonyl (C=O) groups excluding carboxylic acids is 1. The van der Waals surface area contributed by atoms with E-state index in [1.54, 1.807) is 0 Å². The minimum Gasteiger partial charge on any atom is -0.392 e. The zero-order valence-electron chi connectivity index (χ0n) is 17.9. The van der Waals surface area contributed by atoms with Crippen LogP contribution in [0.3, 0.4) is 0 Å². The second-order valence-electron chi connectivity index (χ2n) is 8.78. The average molecular weight is 424 g/mol. The molecule has 1 amide bonds. The number of hydrogen-bond donors (Lipinski definition) is 4. The Labute approximate surface area is 184 Å². The van der Waals surface area contributed by atoms with E-state index in [9.17, 15) is 15.0 Å². The minimum atomic E-state index is -0.621. The summed E-state index contributed by atoms with van der Waals surface area (Å²) in [5, 5.41) is 27.7. The van der Waals surface area contributed by atoms with Crippen LogP contribution in [-0.4, -0.2) is 66.0 Å². The van der Waals surface area contributed by atoms with Gasteiger partial charge in [-0.15, -0.1) is 0 Å². The van der Waals surface area contributed by atoms with Crippen molar-refractivity contribution in [1.29, 1.82) is 0 Å². The van der Waals surface area contributed by atoms with E-state index in [1.165, 1.54) is 0 Å². The molecule has 2 aromatic carbocycles. The van der Waals surface area contributed by atoms with Crippen molar-refractivity contribution in [2.75, 3.05) is 32.7 Å². The Kier molecular flexibility index (Phi) is 7.35. The van der Waals surface area contributed by atoms with Gasteiger partial charge in [0.1, 0.15) is 0 Å². The summed E-state index contributed by atoms with van der Waals surface area (Å²) in [6, 6.07) is 17.4. The molecule has 2 aromatic rings. The molecule has 4 rings (SSSR count). The molecule has 6 nitrogen and oxygen atoms in total. The fourth-order valence-corrected chi connectivity index (χ4v) is 4.80. The van der Waals surface area contributed by atoms with Crippen LogP contribution in [0.25, 0.3) is 0 Å². The van der Waals surface area contributed by atoms with E-state index < -0.39 is 18.2 Å². The molecular formula is C25H33N3O3. The van der Waals surface area contributed by atoms with Crippen LogP contribution >= 0.6 is 0 Å². The maximum Gasteiger partial charge on any atom is 0.224 e. The van der Waals surface area contributed by atoms with Crippen LogP contribution in [0.5, 0.6) is 0 Å². The Morgan fingerprint density at radius 2 is 1.81 bits per heavy atom. The van der Waals surface area contributed by atoms with Gasteiger partial charge in [0.25, 0.3) is 0 Å². The zero-order chi connectivity index (χ0) is 21.6. The van der Waals surface area contributed by atoms with Crippen LogP contribution in [0.4, 0.5) is 0 Å². The molecule has 1 heterocycles. The van der Waals surface area contributed by atoms with E-state index in [4.69, 9.17) is 0 Å². The summed E-state index contributed by atoms with van der Waals surface area (Å²) in [5.41, 5.74) is 3.14. The highest BCUT2D eigenvalue weighted by molar-refractivity contribution is 5.79. The molecule has 0 radical (unpaired) electrons. The number of nitrogens with one attached hydrogen (secondary N) is 2. The topological polar surface area (TPSA) is 84.8 Å². The number of β-amino-alcohol motifs (C(OH)–C–C–N with tert-alkyl or cyclic N) is 1. The maximum atomic E-state index is 13.3. The highest BCUT2D eigenvalue weighted by Crippen LogP contribution is 2.32. The summed E-state index contributed by atoms with van der Waals surface area (Å²) in [6.07, 6.45) is 0.323. The fraction of sp³-hybridized carbons (Fsp3) is 0.480. The second-order valence-corrected chi connectivity index (χ2v) is 8.78. The van der Waals surface area contributed by atoms with Crippen molar-refractivity contribution in [1.82, 2.24) is 15.5 Å². The Hall–Kier alpha value is -2.25. The molecule has 4 N–H and O–H groups in total. The molecule has 4 atom stereocenters. The number of aliphatic hydroxyl groups excluding tert-OH is 2. The Bertz CT molecular complexity index is 854. The number of carbonyl (C=O) groups is 1. The predicted molar refractivity (Wildman–Crippen MR) is 121 cm³/mol. The van der Waals surface area contributed by atoms with Gasteiger partial charge in [-0.1, -0.05) is 54.6 Å². The maximum absolute atomic E-state index is 13.3. The van der Waals surface area contributed by atoms with Crippen molar-refractivity contribution >= 4 is 5.91 Å². The summed E-state index contributed by atoms with van der Waals surface area (Å²) in [5.74, 6) is -0.468. The van der Waals surface area contributed by atoms with Gasteiger partial charge in [0.2, 0.25) is 5.91 Å². The number of nitrogens with zero attached hydrogens (tertiary/aromatic N) is 1. The van der Waals surface area contributed by atoms with E-state index in [2.05, 4.69) is 15.5 Å². The molecule has 1 fully saturated rings. The smallest absolute Gasteiger partial charge is 0.224 e. The number of rotatable bonds is 8. The number of hydrogen-bond acceptors (Lipinski definition) is 5. The lowest BCUT2D eigenvalue weighted by molar-refractivity contribution is -0.127. The highest BCUT2D eigenvalue weighted by Gasteiger charge is 2.34. The van der Waals surface area contributed by atoms with Crippen LogP contribution in [0, 0.1) is 5.92 Å². The number of benzene rings is 2. The van der Waals surface area contributed by atoms with Gasteiger partial charge in [-0.2, -0.15) is 0 Å². The average Bonchev–Trinajstić information content (AvgIpc) is 3.09. The number of piperazine rings is 1. The van der Waals surface area contributed by atoms with Gasteiger partial charge < -0.3 is 20.8 Å². The van der Waals surface area contributed by atoms with E-state index in [0.29, 0.717) is 25.8 Å². The summed E-state index contributed by atoms with van der Waals surface area (Å²) >= 11 is 0. The molecule has 0 saturated carbocycles. The summed E-state index contributed by atoms with van der Waals surface area (Å²) in [7, 11) is 0. The van der Waals surface area contributed by atoms with Gasteiger partial charge in [-0.3, -0.25) is 9.69 Å². The van der Waals surface area contributed by atoms with Crippen LogP contribution in [0.15, 0.2) is 54.6 Å². The molecule has 31 heavy (non-hydrogen) atoms. The summed E-state index contributed by atoms with van der Waals surface area (Å²) in [6.45, 7) is 4.27. The number of aliphatic hydroxyl groups is 2. The van der Waals surface area contributed by atoms with Gasteiger partial charge >= 0.3 is 0 Å². The van der Waals surface area contributed by atoms with Gasteiger partial charge in [-0.05, 0) is 29.5 Å². The third-order valence-electron chi connectivity index (χ3n) is 6.43. The first-order chi connectivity index (χ1) is 15.1. The first-order valence-corrected chi connectivity index (χ1v) is 11.3. The first kappa shape index (κ1) is 22.0. The Balaban J connectivity index is 1.44. The van der Waals surface area contributed by atoms with Crippen molar-refractivity contribution in [3.05, 3.63) is 71.3 Å². The van der Waals surface area contributed by atoms with Crippen LogP contribution in [0.1, 0.15) is 29.2 Å². The minimum absolute atomic E-state index is 0.107. The van der Waals surface area contributed by atoms with E-state index in [-0.39, 0.29) is 11.8 Å². The molecule has 2 aliphatic rings. The van der Waals surface area contributed by atoms with E-state index in [1.807, 2.05) is 54.6 Å². The Morgan fingerprint density at radius 1 is 1.10 bits per heavy atom. The quantitative estimate of drug-likeness (QED) is 0.514. The SMILES string of the molecule is O=C(N[C@H]1c2ccccc2C[C@H]1O)[C@H](Cc1ccccc1)C[C@H](O)CN1CCNCC1. The van der Waals surface area contributed by atoms with Gasteiger partial charge in [0, 0.05) is 45.1 Å². The lowest BCUT2D eigenvalue weighted by atomic mass is 9.92. The van der Waals surface area contributed by atoms with Gasteiger partial charge in [0.05, 0.1) is 18.2 Å². The van der Waals surface area contributed by atoms with E-state index in [0.717, 1.165) is 42.9 Å². The molecule has 1 saturated heterocycles. The summed E-state index contributed by atoms with van der Waals surface area (Å²) in [4.78, 5) is 15.6. The van der Waals surface area contributed by atoms with Crippen molar-refractivity contribution in [3.8, 4) is 0 Å². The molecular weight excluding hydrogens is 390 g/mol. The normalized spacial score (nSPS) is 23.2. The predicted octanol–water partition coefficient (Wildman–Crippen LogP) is 1.28. The molecule has 0 bridgehead atoms. The molecule has 1 aliphatic carbocycles. The third-order valence-corrected chi connectivity index (χ3v) is 6.43. The summed E-state index contributed by atoms with van der Waals surface area (Å²) < 4.78 is 0. The largest absolute Gasteiger partial charge is 0.392 e. The first-order valence-electron chi connectivity index (χ1n) is 11.3.